The van der Waals surface area contributed by atoms with Gasteiger partial charge in [-0.1, -0.05) is 31.3 Å². The smallest absolute Gasteiger partial charge is 0.317 e. The van der Waals surface area contributed by atoms with Crippen molar-refractivity contribution in [1.82, 2.24) is 15.2 Å². The van der Waals surface area contributed by atoms with Gasteiger partial charge in [-0.15, -0.1) is 0 Å². The zero-order valence-corrected chi connectivity index (χ0v) is 16.4. The number of amides is 2. The fourth-order valence-electron chi connectivity index (χ4n) is 3.21. The van der Waals surface area contributed by atoms with Gasteiger partial charge in [-0.25, -0.2) is 9.78 Å². The number of aromatic nitrogens is 1. The third-order valence-electron chi connectivity index (χ3n) is 5.22. The van der Waals surface area contributed by atoms with Crippen LogP contribution in [-0.4, -0.2) is 48.1 Å². The quantitative estimate of drug-likeness (QED) is 0.898. The van der Waals surface area contributed by atoms with Gasteiger partial charge in [0.05, 0.1) is 10.2 Å². The van der Waals surface area contributed by atoms with Crippen LogP contribution in [0.4, 0.5) is 9.93 Å². The second kappa shape index (κ2) is 7.60. The number of thiazole rings is 1. The number of carbonyl (C=O) groups excluding carboxylic acids is 1. The van der Waals surface area contributed by atoms with Crippen molar-refractivity contribution in [3.05, 3.63) is 23.3 Å². The Bertz CT molecular complexity index is 745. The molecule has 0 radical (unpaired) electrons. The molecule has 2 aromatic rings. The molecule has 6 heteroatoms. The van der Waals surface area contributed by atoms with Gasteiger partial charge >= 0.3 is 6.03 Å². The molecule has 1 aliphatic heterocycles. The zero-order valence-electron chi connectivity index (χ0n) is 15.6. The van der Waals surface area contributed by atoms with Crippen LogP contribution in [-0.2, 0) is 0 Å². The molecule has 0 atom stereocenters. The van der Waals surface area contributed by atoms with Crippen molar-refractivity contribution in [3.63, 3.8) is 0 Å². The second-order valence-corrected chi connectivity index (χ2v) is 7.80. The van der Waals surface area contributed by atoms with Crippen LogP contribution in [0.5, 0.6) is 0 Å². The summed E-state index contributed by atoms with van der Waals surface area (Å²) in [6, 6.07) is 4.68. The molecule has 0 saturated carbocycles. The van der Waals surface area contributed by atoms with Crippen molar-refractivity contribution in [2.24, 2.45) is 0 Å². The average molecular weight is 361 g/mol. The Kier molecular flexibility index (Phi) is 5.47. The summed E-state index contributed by atoms with van der Waals surface area (Å²) in [6.07, 6.45) is 1.96. The Balaban J connectivity index is 1.64. The number of hydrogen-bond acceptors (Lipinski definition) is 4. The Morgan fingerprint density at radius 3 is 2.52 bits per heavy atom. The number of piperazine rings is 1. The molecular weight excluding hydrogens is 332 g/mol. The van der Waals surface area contributed by atoms with Crippen LogP contribution >= 0.6 is 11.3 Å². The molecule has 0 unspecified atom stereocenters. The number of urea groups is 1. The maximum atomic E-state index is 12.4. The van der Waals surface area contributed by atoms with Crippen molar-refractivity contribution >= 4 is 32.7 Å². The van der Waals surface area contributed by atoms with Crippen LogP contribution in [0.2, 0.25) is 0 Å². The van der Waals surface area contributed by atoms with Crippen LogP contribution in [0.1, 0.15) is 37.8 Å². The van der Waals surface area contributed by atoms with Gasteiger partial charge in [-0.05, 0) is 43.9 Å². The normalized spacial score (nSPS) is 15.2. The van der Waals surface area contributed by atoms with Crippen LogP contribution in [0, 0.1) is 13.8 Å². The number of nitrogens with one attached hydrogen (secondary N) is 1. The molecule has 1 aromatic heterocycles. The molecule has 3 rings (SSSR count). The van der Waals surface area contributed by atoms with E-state index in [0.29, 0.717) is 0 Å². The minimum atomic E-state index is 0.0733. The van der Waals surface area contributed by atoms with E-state index in [1.807, 2.05) is 4.90 Å². The van der Waals surface area contributed by atoms with E-state index in [1.165, 1.54) is 15.8 Å². The van der Waals surface area contributed by atoms with Crippen LogP contribution in [0.25, 0.3) is 10.2 Å². The van der Waals surface area contributed by atoms with Gasteiger partial charge < -0.3 is 15.1 Å². The van der Waals surface area contributed by atoms with E-state index in [-0.39, 0.29) is 12.1 Å². The van der Waals surface area contributed by atoms with Gasteiger partial charge in [-0.2, -0.15) is 0 Å². The highest BCUT2D eigenvalue weighted by Gasteiger charge is 2.24. The van der Waals surface area contributed by atoms with Gasteiger partial charge in [-0.3, -0.25) is 0 Å². The number of hydrogen-bond donors (Lipinski definition) is 1. The Morgan fingerprint density at radius 1 is 1.20 bits per heavy atom. The van der Waals surface area contributed by atoms with Crippen LogP contribution in [0.15, 0.2) is 12.1 Å². The average Bonchev–Trinajstić information content (AvgIpc) is 3.08. The van der Waals surface area contributed by atoms with E-state index in [4.69, 9.17) is 4.98 Å². The highest BCUT2D eigenvalue weighted by molar-refractivity contribution is 7.22. The molecule has 1 aromatic carbocycles. The lowest BCUT2D eigenvalue weighted by atomic mass is 10.1. The molecule has 136 valence electrons. The van der Waals surface area contributed by atoms with Crippen molar-refractivity contribution in [2.75, 3.05) is 31.1 Å². The Morgan fingerprint density at radius 2 is 1.88 bits per heavy atom. The predicted octanol–water partition coefficient (Wildman–Crippen LogP) is 3.93. The van der Waals surface area contributed by atoms with Gasteiger partial charge in [0.1, 0.15) is 0 Å². The molecule has 5 nitrogen and oxygen atoms in total. The van der Waals surface area contributed by atoms with E-state index in [0.717, 1.165) is 49.7 Å². The molecule has 1 aliphatic rings. The second-order valence-electron chi connectivity index (χ2n) is 6.79. The largest absolute Gasteiger partial charge is 0.345 e. The van der Waals surface area contributed by atoms with Crippen molar-refractivity contribution in [3.8, 4) is 0 Å². The van der Waals surface area contributed by atoms with E-state index in [1.54, 1.807) is 11.3 Å². The molecule has 1 saturated heterocycles. The maximum absolute atomic E-state index is 12.4. The first-order chi connectivity index (χ1) is 12.0. The molecule has 1 fully saturated rings. The third-order valence-corrected chi connectivity index (χ3v) is 6.31. The van der Waals surface area contributed by atoms with Gasteiger partial charge in [0.25, 0.3) is 0 Å². The fraction of sp³-hybridized carbons (Fsp3) is 0.579. The lowest BCUT2D eigenvalue weighted by molar-refractivity contribution is 0.189. The lowest BCUT2D eigenvalue weighted by Crippen LogP contribution is -2.53. The van der Waals surface area contributed by atoms with Crippen LogP contribution in [0.3, 0.4) is 0 Å². The number of fused-ring (bicyclic) bond motifs is 1. The summed E-state index contributed by atoms with van der Waals surface area (Å²) in [4.78, 5) is 21.5. The summed E-state index contributed by atoms with van der Waals surface area (Å²) in [5.41, 5.74) is 3.67. The number of carbonyl (C=O) groups is 1. The third kappa shape index (κ3) is 3.73. The number of benzene rings is 1. The van der Waals surface area contributed by atoms with E-state index >= 15 is 0 Å². The van der Waals surface area contributed by atoms with Gasteiger partial charge in [0.15, 0.2) is 5.13 Å². The first-order valence-electron chi connectivity index (χ1n) is 9.20. The van der Waals surface area contributed by atoms with E-state index in [2.05, 4.69) is 50.0 Å². The monoisotopic (exact) mass is 360 g/mol. The van der Waals surface area contributed by atoms with Crippen molar-refractivity contribution < 1.29 is 4.79 Å². The fourth-order valence-corrected chi connectivity index (χ4v) is 4.29. The molecule has 25 heavy (non-hydrogen) atoms. The number of anilines is 1. The van der Waals surface area contributed by atoms with Gasteiger partial charge in [0.2, 0.25) is 0 Å². The standard InChI is InChI=1S/C19H28N4OS/c1-5-15(6-2)20-18(24)22-9-11-23(12-10-22)19-21-17-14(4)13(3)7-8-16(17)25-19/h7-8,15H,5-6,9-12H2,1-4H3,(H,20,24). The molecule has 1 N–H and O–H groups in total. The molecule has 0 bridgehead atoms. The summed E-state index contributed by atoms with van der Waals surface area (Å²) in [5.74, 6) is 0. The highest BCUT2D eigenvalue weighted by atomic mass is 32.1. The SMILES string of the molecule is CCC(CC)NC(=O)N1CCN(c2nc3c(C)c(C)ccc3s2)CC1. The number of rotatable bonds is 4. The molecule has 2 amide bonds. The number of nitrogens with zero attached hydrogens (tertiary/aromatic N) is 3. The topological polar surface area (TPSA) is 48.5 Å². The highest BCUT2D eigenvalue weighted by Crippen LogP contribution is 2.32. The van der Waals surface area contributed by atoms with Crippen molar-refractivity contribution in [1.29, 1.82) is 0 Å². The summed E-state index contributed by atoms with van der Waals surface area (Å²) in [6.45, 7) is 11.7. The Hall–Kier alpha value is -1.82. The summed E-state index contributed by atoms with van der Waals surface area (Å²) >= 11 is 1.75. The summed E-state index contributed by atoms with van der Waals surface area (Å²) in [5, 5.41) is 4.20. The van der Waals surface area contributed by atoms with E-state index in [9.17, 15) is 4.79 Å². The molecule has 0 aliphatic carbocycles. The Labute approximate surface area is 154 Å². The molecule has 0 spiro atoms. The summed E-state index contributed by atoms with van der Waals surface area (Å²) < 4.78 is 1.24. The minimum absolute atomic E-state index is 0.0733. The van der Waals surface area contributed by atoms with Gasteiger partial charge in [0, 0.05) is 32.2 Å². The van der Waals surface area contributed by atoms with E-state index < -0.39 is 0 Å². The minimum Gasteiger partial charge on any atom is -0.345 e. The van der Waals surface area contributed by atoms with Crippen LogP contribution < -0.4 is 10.2 Å². The predicted molar refractivity (Wildman–Crippen MR) is 106 cm³/mol. The lowest BCUT2D eigenvalue weighted by Gasteiger charge is -2.35. The molecule has 2 heterocycles. The first-order valence-corrected chi connectivity index (χ1v) is 10.0. The molecular formula is C19H28N4OS. The maximum Gasteiger partial charge on any atom is 0.317 e. The first kappa shape index (κ1) is 18.0. The zero-order chi connectivity index (χ0) is 18.0. The summed E-state index contributed by atoms with van der Waals surface area (Å²) in [7, 11) is 0. The van der Waals surface area contributed by atoms with Crippen molar-refractivity contribution in [2.45, 2.75) is 46.6 Å². The number of aryl methyl sites for hydroxylation is 2.